The number of carbonyl (C=O) groups is 1. The quantitative estimate of drug-likeness (QED) is 0.748. The highest BCUT2D eigenvalue weighted by Crippen LogP contribution is 2.21. The third-order valence-corrected chi connectivity index (χ3v) is 3.39. The predicted molar refractivity (Wildman–Crippen MR) is 71.3 cm³/mol. The maximum atomic E-state index is 11.2. The molecular formula is C13H20N4O. The van der Waals surface area contributed by atoms with Gasteiger partial charge in [0.15, 0.2) is 0 Å². The third-order valence-electron chi connectivity index (χ3n) is 3.39. The SMILES string of the molecule is Cc1cc(C(N)=O)cc(N[C@@H]2CCCC[C@H]2N)n1. The molecule has 98 valence electrons. The molecule has 5 heteroatoms. The average Bonchev–Trinajstić information content (AvgIpc) is 2.31. The fraction of sp³-hybridized carbons (Fsp3) is 0.538. The largest absolute Gasteiger partial charge is 0.366 e. The highest BCUT2D eigenvalue weighted by Gasteiger charge is 2.22. The van der Waals surface area contributed by atoms with Crippen LogP contribution >= 0.6 is 0 Å². The van der Waals surface area contributed by atoms with E-state index in [-0.39, 0.29) is 12.1 Å². The Morgan fingerprint density at radius 2 is 2.11 bits per heavy atom. The summed E-state index contributed by atoms with van der Waals surface area (Å²) >= 11 is 0. The second-order valence-electron chi connectivity index (χ2n) is 4.95. The van der Waals surface area contributed by atoms with Crippen molar-refractivity contribution in [3.8, 4) is 0 Å². The lowest BCUT2D eigenvalue weighted by Crippen LogP contribution is -2.42. The van der Waals surface area contributed by atoms with Crippen molar-refractivity contribution in [2.45, 2.75) is 44.7 Å². The van der Waals surface area contributed by atoms with Crippen molar-refractivity contribution >= 4 is 11.7 Å². The molecule has 0 spiro atoms. The van der Waals surface area contributed by atoms with Crippen LogP contribution in [-0.2, 0) is 0 Å². The normalized spacial score (nSPS) is 23.7. The van der Waals surface area contributed by atoms with Crippen molar-refractivity contribution in [1.29, 1.82) is 0 Å². The van der Waals surface area contributed by atoms with Gasteiger partial charge >= 0.3 is 0 Å². The lowest BCUT2D eigenvalue weighted by molar-refractivity contribution is 0.1000. The van der Waals surface area contributed by atoms with Crippen LogP contribution in [0.2, 0.25) is 0 Å². The molecule has 2 atom stereocenters. The van der Waals surface area contributed by atoms with E-state index in [2.05, 4.69) is 10.3 Å². The van der Waals surface area contributed by atoms with E-state index >= 15 is 0 Å². The van der Waals surface area contributed by atoms with Crippen molar-refractivity contribution in [2.75, 3.05) is 5.32 Å². The highest BCUT2D eigenvalue weighted by atomic mass is 16.1. The van der Waals surface area contributed by atoms with Crippen LogP contribution < -0.4 is 16.8 Å². The van der Waals surface area contributed by atoms with E-state index in [9.17, 15) is 4.79 Å². The zero-order valence-electron chi connectivity index (χ0n) is 10.6. The van der Waals surface area contributed by atoms with Gasteiger partial charge in [0.05, 0.1) is 0 Å². The van der Waals surface area contributed by atoms with Crippen LogP contribution in [0.3, 0.4) is 0 Å². The van der Waals surface area contributed by atoms with Gasteiger partial charge in [0.2, 0.25) is 5.91 Å². The second kappa shape index (κ2) is 5.35. The van der Waals surface area contributed by atoms with Crippen molar-refractivity contribution < 1.29 is 4.79 Å². The van der Waals surface area contributed by atoms with Gasteiger partial charge in [0, 0.05) is 23.3 Å². The number of rotatable bonds is 3. The van der Waals surface area contributed by atoms with E-state index in [4.69, 9.17) is 11.5 Å². The Labute approximate surface area is 107 Å². The van der Waals surface area contributed by atoms with E-state index in [1.807, 2.05) is 6.92 Å². The summed E-state index contributed by atoms with van der Waals surface area (Å²) in [4.78, 5) is 15.6. The zero-order valence-corrected chi connectivity index (χ0v) is 10.6. The van der Waals surface area contributed by atoms with Crippen LogP contribution in [0.1, 0.15) is 41.7 Å². The maximum Gasteiger partial charge on any atom is 0.248 e. The van der Waals surface area contributed by atoms with Gasteiger partial charge in [0.25, 0.3) is 0 Å². The Morgan fingerprint density at radius 1 is 1.39 bits per heavy atom. The number of anilines is 1. The smallest absolute Gasteiger partial charge is 0.248 e. The third kappa shape index (κ3) is 2.98. The van der Waals surface area contributed by atoms with Crippen LogP contribution in [-0.4, -0.2) is 23.0 Å². The van der Waals surface area contributed by atoms with Crippen molar-refractivity contribution in [1.82, 2.24) is 4.98 Å². The monoisotopic (exact) mass is 248 g/mol. The first-order valence-electron chi connectivity index (χ1n) is 6.37. The molecule has 1 aromatic rings. The maximum absolute atomic E-state index is 11.2. The van der Waals surface area contributed by atoms with Crippen molar-refractivity contribution in [3.63, 3.8) is 0 Å². The van der Waals surface area contributed by atoms with Gasteiger partial charge < -0.3 is 16.8 Å². The Hall–Kier alpha value is -1.62. The molecule has 1 heterocycles. The Bertz CT molecular complexity index is 447. The molecule has 5 N–H and O–H groups in total. The van der Waals surface area contributed by atoms with E-state index in [1.54, 1.807) is 12.1 Å². The van der Waals surface area contributed by atoms with Gasteiger partial charge in [-0.2, -0.15) is 0 Å². The molecular weight excluding hydrogens is 228 g/mol. The molecule has 5 nitrogen and oxygen atoms in total. The first-order chi connectivity index (χ1) is 8.56. The molecule has 0 unspecified atom stereocenters. The summed E-state index contributed by atoms with van der Waals surface area (Å²) in [6.45, 7) is 1.85. The number of aromatic nitrogens is 1. The Morgan fingerprint density at radius 3 is 2.78 bits per heavy atom. The fourth-order valence-electron chi connectivity index (χ4n) is 2.41. The minimum atomic E-state index is -0.434. The van der Waals surface area contributed by atoms with E-state index in [0.717, 1.165) is 18.5 Å². The van der Waals surface area contributed by atoms with Crippen LogP contribution in [0.4, 0.5) is 5.82 Å². The van der Waals surface area contributed by atoms with Gasteiger partial charge in [-0.25, -0.2) is 4.98 Å². The lowest BCUT2D eigenvalue weighted by Gasteiger charge is -2.29. The predicted octanol–water partition coefficient (Wildman–Crippen LogP) is 1.17. The summed E-state index contributed by atoms with van der Waals surface area (Å²) in [5.41, 5.74) is 12.6. The summed E-state index contributed by atoms with van der Waals surface area (Å²) in [5, 5.41) is 3.32. The number of nitrogens with one attached hydrogen (secondary N) is 1. The summed E-state index contributed by atoms with van der Waals surface area (Å²) < 4.78 is 0. The van der Waals surface area contributed by atoms with Crippen molar-refractivity contribution in [3.05, 3.63) is 23.4 Å². The molecule has 18 heavy (non-hydrogen) atoms. The molecule has 0 aliphatic heterocycles. The molecule has 2 rings (SSSR count). The van der Waals surface area contributed by atoms with E-state index < -0.39 is 5.91 Å². The summed E-state index contributed by atoms with van der Waals surface area (Å²) in [6.07, 6.45) is 4.45. The topological polar surface area (TPSA) is 94.0 Å². The lowest BCUT2D eigenvalue weighted by atomic mass is 9.91. The molecule has 0 bridgehead atoms. The molecule has 1 amide bonds. The standard InChI is InChI=1S/C13H20N4O/c1-8-6-9(13(15)18)7-12(16-8)17-11-5-3-2-4-10(11)14/h6-7,10-11H,2-5,14H2,1H3,(H2,15,18)(H,16,17)/t10-,11-/m1/s1. The first-order valence-corrected chi connectivity index (χ1v) is 6.37. The van der Waals surface area contributed by atoms with Gasteiger partial charge in [-0.15, -0.1) is 0 Å². The van der Waals surface area contributed by atoms with Crippen LogP contribution in [0.15, 0.2) is 12.1 Å². The number of carbonyl (C=O) groups excluding carboxylic acids is 1. The number of hydrogen-bond donors (Lipinski definition) is 3. The van der Waals surface area contributed by atoms with E-state index in [0.29, 0.717) is 11.4 Å². The number of pyridine rings is 1. The molecule has 1 saturated carbocycles. The van der Waals surface area contributed by atoms with Crippen LogP contribution in [0.25, 0.3) is 0 Å². The number of primary amides is 1. The molecule has 0 aromatic carbocycles. The summed E-state index contributed by atoms with van der Waals surface area (Å²) in [6, 6.07) is 3.76. The Kier molecular flexibility index (Phi) is 3.81. The zero-order chi connectivity index (χ0) is 13.1. The molecule has 1 aliphatic rings. The minimum absolute atomic E-state index is 0.151. The number of aryl methyl sites for hydroxylation is 1. The van der Waals surface area contributed by atoms with Crippen molar-refractivity contribution in [2.24, 2.45) is 11.5 Å². The van der Waals surface area contributed by atoms with Gasteiger partial charge in [-0.3, -0.25) is 4.79 Å². The molecule has 1 fully saturated rings. The molecule has 1 aromatic heterocycles. The fourth-order valence-corrected chi connectivity index (χ4v) is 2.41. The highest BCUT2D eigenvalue weighted by molar-refractivity contribution is 5.93. The minimum Gasteiger partial charge on any atom is -0.366 e. The number of nitrogens with zero attached hydrogens (tertiary/aromatic N) is 1. The molecule has 0 saturated heterocycles. The second-order valence-corrected chi connectivity index (χ2v) is 4.95. The van der Waals surface area contributed by atoms with Gasteiger partial charge in [-0.1, -0.05) is 12.8 Å². The number of amides is 1. The molecule has 0 radical (unpaired) electrons. The summed E-state index contributed by atoms with van der Waals surface area (Å²) in [5.74, 6) is 0.252. The number of nitrogens with two attached hydrogens (primary N) is 2. The van der Waals surface area contributed by atoms with Gasteiger partial charge in [0.1, 0.15) is 5.82 Å². The number of hydrogen-bond acceptors (Lipinski definition) is 4. The van der Waals surface area contributed by atoms with Gasteiger partial charge in [-0.05, 0) is 31.9 Å². The van der Waals surface area contributed by atoms with E-state index in [1.165, 1.54) is 12.8 Å². The Balaban J connectivity index is 2.15. The van der Waals surface area contributed by atoms with Crippen LogP contribution in [0.5, 0.6) is 0 Å². The van der Waals surface area contributed by atoms with Crippen LogP contribution in [0, 0.1) is 6.92 Å². The first kappa shape index (κ1) is 12.8. The summed E-state index contributed by atoms with van der Waals surface area (Å²) in [7, 11) is 0. The molecule has 1 aliphatic carbocycles. The average molecular weight is 248 g/mol.